The number of hydrogen-bond donors (Lipinski definition) is 3. The molecule has 5 amide bonds. The minimum atomic E-state index is -3.90. The number of carbonyl (C=O) groups excluding carboxylic acids is 5. The Labute approximate surface area is 291 Å². The summed E-state index contributed by atoms with van der Waals surface area (Å²) in [4.78, 5) is 71.4. The normalized spacial score (nSPS) is 30.8. The van der Waals surface area contributed by atoms with Crippen LogP contribution >= 0.6 is 0 Å². The van der Waals surface area contributed by atoms with E-state index in [9.17, 15) is 32.4 Å². The molecular weight excluding hydrogens is 666 g/mol. The van der Waals surface area contributed by atoms with E-state index in [0.717, 1.165) is 29.5 Å². The number of benzene rings is 1. The fourth-order valence-corrected chi connectivity index (χ4v) is 9.16. The minimum absolute atomic E-state index is 0.0588. The number of hydrogen-bond acceptors (Lipinski definition) is 9. The number of carbonyl (C=O) groups is 5. The van der Waals surface area contributed by atoms with Crippen molar-refractivity contribution in [3.05, 3.63) is 53.6 Å². The third-order valence-corrected chi connectivity index (χ3v) is 12.7. The Morgan fingerprint density at radius 1 is 1.08 bits per heavy atom. The maximum atomic E-state index is 14.4. The molecule has 1 aromatic rings. The van der Waals surface area contributed by atoms with Crippen LogP contribution < -0.4 is 15.4 Å². The number of rotatable bonds is 7. The number of amides is 5. The number of ether oxygens (including phenoxy) is 2. The number of nitrogens with one attached hydrogen (secondary N) is 3. The molecule has 3 aliphatic heterocycles. The van der Waals surface area contributed by atoms with Crippen molar-refractivity contribution < 1.29 is 41.9 Å². The highest BCUT2D eigenvalue weighted by Gasteiger charge is 2.62. The van der Waals surface area contributed by atoms with E-state index in [1.807, 2.05) is 30.4 Å². The van der Waals surface area contributed by atoms with E-state index in [0.29, 0.717) is 45.2 Å². The lowest BCUT2D eigenvalue weighted by atomic mass is 9.96. The fourth-order valence-electron chi connectivity index (χ4n) is 7.79. The first-order valence-corrected chi connectivity index (χ1v) is 19.0. The van der Waals surface area contributed by atoms with Crippen LogP contribution in [0.4, 0.5) is 9.59 Å². The zero-order chi connectivity index (χ0) is 35.2. The van der Waals surface area contributed by atoms with E-state index in [-0.39, 0.29) is 31.9 Å². The predicted molar refractivity (Wildman–Crippen MR) is 179 cm³/mol. The van der Waals surface area contributed by atoms with Crippen LogP contribution in [0, 0.1) is 11.8 Å². The predicted octanol–water partition coefficient (Wildman–Crippen LogP) is 2.48. The summed E-state index contributed by atoms with van der Waals surface area (Å²) in [6.45, 7) is 4.38. The van der Waals surface area contributed by atoms with Gasteiger partial charge in [-0.05, 0) is 61.1 Å². The zero-order valence-electron chi connectivity index (χ0n) is 27.8. The molecule has 4 fully saturated rings. The number of sulfonamides is 1. The molecule has 50 heavy (non-hydrogen) atoms. The molecule has 3 heterocycles. The third-order valence-electron chi connectivity index (χ3n) is 10.9. The van der Waals surface area contributed by atoms with Crippen LogP contribution in [-0.2, 0) is 47.0 Å². The minimum Gasteiger partial charge on any atom is -0.449 e. The van der Waals surface area contributed by atoms with Crippen LogP contribution in [0.5, 0.6) is 0 Å². The largest absolute Gasteiger partial charge is 0.449 e. The van der Waals surface area contributed by atoms with Gasteiger partial charge in [0, 0.05) is 18.9 Å². The molecule has 3 aliphatic carbocycles. The first-order chi connectivity index (χ1) is 24.0. The Balaban J connectivity index is 1.16. The molecular formula is C35H43N5O9S. The quantitative estimate of drug-likeness (QED) is 0.359. The highest BCUT2D eigenvalue weighted by molar-refractivity contribution is 7.91. The summed E-state index contributed by atoms with van der Waals surface area (Å²) < 4.78 is 38.8. The van der Waals surface area contributed by atoms with Crippen molar-refractivity contribution in [2.45, 2.75) is 99.9 Å². The first-order valence-electron chi connectivity index (χ1n) is 17.5. The number of fused-ring (bicyclic) bond motifs is 3. The second-order valence-electron chi connectivity index (χ2n) is 14.3. The van der Waals surface area contributed by atoms with E-state index in [1.165, 1.54) is 11.0 Å². The maximum Gasteiger partial charge on any atom is 0.410 e. The van der Waals surface area contributed by atoms with Gasteiger partial charge in [0.25, 0.3) is 5.91 Å². The Hall–Kier alpha value is -4.40. The summed E-state index contributed by atoms with van der Waals surface area (Å²) in [5.41, 5.74) is 1.34. The molecule has 6 aliphatic rings. The van der Waals surface area contributed by atoms with Crippen LogP contribution in [0.25, 0.3) is 6.08 Å². The van der Waals surface area contributed by atoms with Gasteiger partial charge in [-0.3, -0.25) is 24.0 Å². The van der Waals surface area contributed by atoms with Crippen molar-refractivity contribution in [3.63, 3.8) is 0 Å². The lowest BCUT2D eigenvalue weighted by Gasteiger charge is -2.32. The second-order valence-corrected chi connectivity index (χ2v) is 16.2. The van der Waals surface area contributed by atoms with Crippen LogP contribution in [0.1, 0.15) is 74.5 Å². The molecule has 268 valence electrons. The van der Waals surface area contributed by atoms with E-state index in [2.05, 4.69) is 21.9 Å². The second kappa shape index (κ2) is 13.4. The van der Waals surface area contributed by atoms with Gasteiger partial charge < -0.3 is 25.0 Å². The monoisotopic (exact) mass is 709 g/mol. The number of alkyl carbamates (subject to hydrolysis) is 1. The molecule has 7 rings (SSSR count). The van der Waals surface area contributed by atoms with Crippen LogP contribution in [0.15, 0.2) is 36.9 Å². The standard InChI is InChI=1S/C35H43N5O9S/c1-2-24-17-35(24,32(43)38-50(46,47)26-13-14-26)37-30(41)28-16-25-19-40(28)31(42)29(22-9-3-4-10-22)36-33(44)48-15-6-5-8-21-11-7-12-23-18-39(20-27(21)23)34(45)49-25/h2,5,7-8,11-12,22,24-26,28-29H,1,3-4,6,9-10,13-20H2,(H,36,44)(H,37,41)(H,38,43)/b8-5+/t24-,25-,28+,29+,35-/m1/s1. The van der Waals surface area contributed by atoms with Crippen molar-refractivity contribution in [1.29, 1.82) is 0 Å². The molecule has 1 aromatic carbocycles. The molecule has 0 spiro atoms. The molecule has 1 saturated heterocycles. The Morgan fingerprint density at radius 3 is 2.58 bits per heavy atom. The van der Waals surface area contributed by atoms with E-state index < -0.39 is 74.8 Å². The highest BCUT2D eigenvalue weighted by Crippen LogP contribution is 2.45. The molecule has 3 saturated carbocycles. The van der Waals surface area contributed by atoms with E-state index in [1.54, 1.807) is 4.90 Å². The molecule has 3 N–H and O–H groups in total. The fraction of sp³-hybridized carbons (Fsp3) is 0.571. The summed E-state index contributed by atoms with van der Waals surface area (Å²) >= 11 is 0. The smallest absolute Gasteiger partial charge is 0.410 e. The van der Waals surface area contributed by atoms with Crippen LogP contribution in [0.2, 0.25) is 0 Å². The van der Waals surface area contributed by atoms with Gasteiger partial charge in [0.15, 0.2) is 0 Å². The molecule has 0 unspecified atom stereocenters. The number of nitrogens with zero attached hydrogens (tertiary/aromatic N) is 2. The summed E-state index contributed by atoms with van der Waals surface area (Å²) in [7, 11) is -3.90. The average Bonchev–Trinajstić information content (AvgIpc) is 3.86. The summed E-state index contributed by atoms with van der Waals surface area (Å²) in [5, 5.41) is 4.88. The van der Waals surface area contributed by atoms with Gasteiger partial charge >= 0.3 is 12.2 Å². The van der Waals surface area contributed by atoms with Crippen molar-refractivity contribution in [1.82, 2.24) is 25.2 Å². The van der Waals surface area contributed by atoms with Gasteiger partial charge in [-0.1, -0.05) is 49.3 Å². The summed E-state index contributed by atoms with van der Waals surface area (Å²) in [6, 6.07) is 3.65. The Bertz CT molecular complexity index is 1740. The summed E-state index contributed by atoms with van der Waals surface area (Å²) in [6.07, 6.45) is 7.69. The van der Waals surface area contributed by atoms with E-state index >= 15 is 0 Å². The van der Waals surface area contributed by atoms with Gasteiger partial charge in [-0.2, -0.15) is 0 Å². The molecule has 0 radical (unpaired) electrons. The van der Waals surface area contributed by atoms with Crippen molar-refractivity contribution in [2.75, 3.05) is 13.2 Å². The number of cyclic esters (lactones) is 1. The topological polar surface area (TPSA) is 181 Å². The lowest BCUT2D eigenvalue weighted by Crippen LogP contribution is -2.59. The Kier molecular flexibility index (Phi) is 9.12. The van der Waals surface area contributed by atoms with Crippen molar-refractivity contribution >= 4 is 46.0 Å². The van der Waals surface area contributed by atoms with Gasteiger partial charge in [0.1, 0.15) is 23.7 Å². The lowest BCUT2D eigenvalue weighted by molar-refractivity contribution is -0.142. The molecule has 14 nitrogen and oxygen atoms in total. The SMILES string of the molecule is C=C[C@@H]1C[C@]1(NC(=O)[C@@H]1C[C@@H]2CN1C(=O)[C@H](C1CCCC1)NC(=O)OCC/C=C/c1cccc3c1CN(C3)C(=O)O2)C(=O)NS(=O)(=O)C1CC1. The molecule has 5 atom stereocenters. The average molecular weight is 710 g/mol. The highest BCUT2D eigenvalue weighted by atomic mass is 32.2. The zero-order valence-corrected chi connectivity index (χ0v) is 28.6. The molecule has 4 bridgehead atoms. The Morgan fingerprint density at radius 2 is 1.86 bits per heavy atom. The molecule has 15 heteroatoms. The summed E-state index contributed by atoms with van der Waals surface area (Å²) in [5.74, 6) is -2.78. The molecule has 0 aromatic heterocycles. The van der Waals surface area contributed by atoms with E-state index in [4.69, 9.17) is 9.47 Å². The van der Waals surface area contributed by atoms with Gasteiger partial charge in [0.2, 0.25) is 21.8 Å². The van der Waals surface area contributed by atoms with Gasteiger partial charge in [-0.15, -0.1) is 6.58 Å². The first kappa shape index (κ1) is 34.1. The van der Waals surface area contributed by atoms with Gasteiger partial charge in [0.05, 0.1) is 24.9 Å². The van der Waals surface area contributed by atoms with Gasteiger partial charge in [-0.25, -0.2) is 18.0 Å². The van der Waals surface area contributed by atoms with Crippen LogP contribution in [0.3, 0.4) is 0 Å². The third kappa shape index (κ3) is 6.71. The van der Waals surface area contributed by atoms with Crippen molar-refractivity contribution in [3.8, 4) is 0 Å². The van der Waals surface area contributed by atoms with Crippen LogP contribution in [-0.4, -0.2) is 90.3 Å². The van der Waals surface area contributed by atoms with Crippen molar-refractivity contribution in [2.24, 2.45) is 11.8 Å². The maximum absolute atomic E-state index is 14.4.